The SMILES string of the molecule is O=C(Cc1ccc(-c2ccccc2)cc1)NCc1cncc(-c2ccco2)c1. The summed E-state index contributed by atoms with van der Waals surface area (Å²) in [6, 6.07) is 24.0. The Morgan fingerprint density at radius 2 is 1.61 bits per heavy atom. The minimum absolute atomic E-state index is 0.0177. The summed E-state index contributed by atoms with van der Waals surface area (Å²) >= 11 is 0. The van der Waals surface area contributed by atoms with Crippen LogP contribution in [0.15, 0.2) is 95.9 Å². The summed E-state index contributed by atoms with van der Waals surface area (Å²) in [5, 5.41) is 2.96. The molecule has 0 saturated heterocycles. The van der Waals surface area contributed by atoms with Crippen molar-refractivity contribution in [3.63, 3.8) is 0 Å². The van der Waals surface area contributed by atoms with Crippen LogP contribution in [-0.2, 0) is 17.8 Å². The molecule has 4 heteroatoms. The fraction of sp³-hybridized carbons (Fsp3) is 0.0833. The summed E-state index contributed by atoms with van der Waals surface area (Å²) in [5.41, 5.74) is 5.13. The van der Waals surface area contributed by atoms with E-state index in [0.717, 1.165) is 28.0 Å². The van der Waals surface area contributed by atoms with Crippen LogP contribution in [0.5, 0.6) is 0 Å². The maximum Gasteiger partial charge on any atom is 0.224 e. The Labute approximate surface area is 163 Å². The first-order valence-corrected chi connectivity index (χ1v) is 9.17. The summed E-state index contributed by atoms with van der Waals surface area (Å²) in [6.45, 7) is 0.433. The average Bonchev–Trinajstić information content (AvgIpc) is 3.29. The first-order valence-electron chi connectivity index (χ1n) is 9.17. The van der Waals surface area contributed by atoms with Gasteiger partial charge in [-0.3, -0.25) is 9.78 Å². The summed E-state index contributed by atoms with van der Waals surface area (Å²) in [4.78, 5) is 16.5. The Morgan fingerprint density at radius 3 is 2.36 bits per heavy atom. The molecule has 0 spiro atoms. The van der Waals surface area contributed by atoms with E-state index in [9.17, 15) is 4.79 Å². The van der Waals surface area contributed by atoms with Gasteiger partial charge >= 0.3 is 0 Å². The fourth-order valence-corrected chi connectivity index (χ4v) is 3.06. The van der Waals surface area contributed by atoms with Gasteiger partial charge in [-0.15, -0.1) is 0 Å². The van der Waals surface area contributed by atoms with Crippen molar-refractivity contribution in [1.82, 2.24) is 10.3 Å². The van der Waals surface area contributed by atoms with Crippen molar-refractivity contribution in [1.29, 1.82) is 0 Å². The van der Waals surface area contributed by atoms with Crippen LogP contribution in [0.4, 0.5) is 0 Å². The molecule has 1 N–H and O–H groups in total. The average molecular weight is 368 g/mol. The monoisotopic (exact) mass is 368 g/mol. The molecule has 0 saturated carbocycles. The highest BCUT2D eigenvalue weighted by molar-refractivity contribution is 5.79. The maximum absolute atomic E-state index is 12.3. The Bertz CT molecular complexity index is 1040. The minimum Gasteiger partial charge on any atom is -0.464 e. The normalized spacial score (nSPS) is 10.6. The van der Waals surface area contributed by atoms with E-state index in [1.54, 1.807) is 18.7 Å². The van der Waals surface area contributed by atoms with Gasteiger partial charge in [0.1, 0.15) is 5.76 Å². The molecule has 0 radical (unpaired) electrons. The molecule has 0 atom stereocenters. The van der Waals surface area contributed by atoms with E-state index in [1.165, 1.54) is 5.56 Å². The van der Waals surface area contributed by atoms with Gasteiger partial charge in [-0.05, 0) is 40.5 Å². The molecule has 0 aliphatic carbocycles. The Kier molecular flexibility index (Phi) is 5.29. The number of pyridine rings is 1. The molecule has 1 amide bonds. The first-order chi connectivity index (χ1) is 13.8. The number of benzene rings is 2. The molecule has 0 bridgehead atoms. The zero-order chi connectivity index (χ0) is 19.2. The second-order valence-electron chi connectivity index (χ2n) is 6.58. The number of carbonyl (C=O) groups excluding carboxylic acids is 1. The van der Waals surface area contributed by atoms with E-state index in [4.69, 9.17) is 4.42 Å². The van der Waals surface area contributed by atoms with Gasteiger partial charge in [-0.2, -0.15) is 0 Å². The third-order valence-corrected chi connectivity index (χ3v) is 4.52. The largest absolute Gasteiger partial charge is 0.464 e. The summed E-state index contributed by atoms with van der Waals surface area (Å²) < 4.78 is 5.39. The molecule has 0 fully saturated rings. The van der Waals surface area contributed by atoms with E-state index < -0.39 is 0 Å². The number of rotatable bonds is 6. The van der Waals surface area contributed by atoms with Gasteiger partial charge < -0.3 is 9.73 Å². The van der Waals surface area contributed by atoms with Crippen LogP contribution in [0.2, 0.25) is 0 Å². The van der Waals surface area contributed by atoms with Crippen molar-refractivity contribution in [2.45, 2.75) is 13.0 Å². The molecular formula is C24H20N2O2. The Balaban J connectivity index is 1.34. The van der Waals surface area contributed by atoms with Gasteiger partial charge in [0.15, 0.2) is 0 Å². The predicted molar refractivity (Wildman–Crippen MR) is 109 cm³/mol. The lowest BCUT2D eigenvalue weighted by atomic mass is 10.0. The second kappa shape index (κ2) is 8.35. The molecular weight excluding hydrogens is 348 g/mol. The quantitative estimate of drug-likeness (QED) is 0.528. The zero-order valence-electron chi connectivity index (χ0n) is 15.3. The van der Waals surface area contributed by atoms with E-state index in [-0.39, 0.29) is 5.91 Å². The van der Waals surface area contributed by atoms with Crippen LogP contribution >= 0.6 is 0 Å². The lowest BCUT2D eigenvalue weighted by Gasteiger charge is -2.07. The van der Waals surface area contributed by atoms with Gasteiger partial charge in [0.2, 0.25) is 5.91 Å². The van der Waals surface area contributed by atoms with Crippen LogP contribution in [-0.4, -0.2) is 10.9 Å². The molecule has 138 valence electrons. The highest BCUT2D eigenvalue weighted by atomic mass is 16.3. The molecule has 0 unspecified atom stereocenters. The van der Waals surface area contributed by atoms with Crippen LogP contribution in [0.3, 0.4) is 0 Å². The van der Waals surface area contributed by atoms with Gasteiger partial charge in [0.05, 0.1) is 12.7 Å². The number of furan rings is 1. The van der Waals surface area contributed by atoms with Crippen LogP contribution in [0.1, 0.15) is 11.1 Å². The predicted octanol–water partition coefficient (Wildman–Crippen LogP) is 4.87. The number of hydrogen-bond acceptors (Lipinski definition) is 3. The third-order valence-electron chi connectivity index (χ3n) is 4.52. The van der Waals surface area contributed by atoms with Gasteiger partial charge in [0, 0.05) is 24.5 Å². The minimum atomic E-state index is -0.0177. The molecule has 2 aromatic heterocycles. The topological polar surface area (TPSA) is 55.1 Å². The van der Waals surface area contributed by atoms with Gasteiger partial charge in [-0.25, -0.2) is 0 Å². The number of nitrogens with zero attached hydrogens (tertiary/aromatic N) is 1. The zero-order valence-corrected chi connectivity index (χ0v) is 15.3. The number of amides is 1. The van der Waals surface area contributed by atoms with Gasteiger partial charge in [-0.1, -0.05) is 54.6 Å². The number of hydrogen-bond donors (Lipinski definition) is 1. The van der Waals surface area contributed by atoms with Crippen molar-refractivity contribution in [3.8, 4) is 22.5 Å². The number of nitrogens with one attached hydrogen (secondary N) is 1. The van der Waals surface area contributed by atoms with E-state index in [1.807, 2.05) is 48.5 Å². The number of carbonyl (C=O) groups is 1. The van der Waals surface area contributed by atoms with E-state index in [2.05, 4.69) is 34.6 Å². The molecule has 4 aromatic rings. The summed E-state index contributed by atoms with van der Waals surface area (Å²) in [6.07, 6.45) is 5.48. The molecule has 4 nitrogen and oxygen atoms in total. The highest BCUT2D eigenvalue weighted by Gasteiger charge is 2.06. The van der Waals surface area contributed by atoms with Crippen molar-refractivity contribution >= 4 is 5.91 Å². The lowest BCUT2D eigenvalue weighted by molar-refractivity contribution is -0.120. The van der Waals surface area contributed by atoms with Crippen molar-refractivity contribution in [2.75, 3.05) is 0 Å². The standard InChI is InChI=1S/C24H20N2O2/c27-24(14-18-8-10-21(11-9-18)20-5-2-1-3-6-20)26-16-19-13-22(17-25-15-19)23-7-4-12-28-23/h1-13,15,17H,14,16H2,(H,26,27). The molecule has 2 heterocycles. The second-order valence-corrected chi connectivity index (χ2v) is 6.58. The van der Waals surface area contributed by atoms with Crippen molar-refractivity contribution < 1.29 is 9.21 Å². The summed E-state index contributed by atoms with van der Waals surface area (Å²) in [7, 11) is 0. The molecule has 0 aliphatic rings. The van der Waals surface area contributed by atoms with Crippen molar-refractivity contribution in [3.05, 3.63) is 103 Å². The maximum atomic E-state index is 12.3. The van der Waals surface area contributed by atoms with Gasteiger partial charge in [0.25, 0.3) is 0 Å². The molecule has 0 aliphatic heterocycles. The van der Waals surface area contributed by atoms with Crippen LogP contribution < -0.4 is 5.32 Å². The Hall–Kier alpha value is -3.66. The lowest BCUT2D eigenvalue weighted by Crippen LogP contribution is -2.24. The first kappa shape index (κ1) is 17.7. The van der Waals surface area contributed by atoms with Crippen LogP contribution in [0.25, 0.3) is 22.5 Å². The molecule has 4 rings (SSSR count). The van der Waals surface area contributed by atoms with Crippen molar-refractivity contribution in [2.24, 2.45) is 0 Å². The molecule has 2 aromatic carbocycles. The molecule has 28 heavy (non-hydrogen) atoms. The van der Waals surface area contributed by atoms with E-state index >= 15 is 0 Å². The highest BCUT2D eigenvalue weighted by Crippen LogP contribution is 2.20. The van der Waals surface area contributed by atoms with E-state index in [0.29, 0.717) is 13.0 Å². The summed E-state index contributed by atoms with van der Waals surface area (Å²) in [5.74, 6) is 0.745. The smallest absolute Gasteiger partial charge is 0.224 e. The van der Waals surface area contributed by atoms with Crippen LogP contribution in [0, 0.1) is 0 Å². The fourth-order valence-electron chi connectivity index (χ4n) is 3.06. The third kappa shape index (κ3) is 4.35. The number of aromatic nitrogens is 1. The Morgan fingerprint density at radius 1 is 0.821 bits per heavy atom.